The van der Waals surface area contributed by atoms with Crippen molar-refractivity contribution in [2.75, 3.05) is 13.2 Å². The molecule has 0 fully saturated rings. The fraction of sp³-hybridized carbons (Fsp3) is 0.200. The number of hydrogen-bond acceptors (Lipinski definition) is 3. The molecule has 0 unspecified atom stereocenters. The summed E-state index contributed by atoms with van der Waals surface area (Å²) in [6, 6.07) is 9.79. The van der Waals surface area contributed by atoms with Crippen LogP contribution in [-0.4, -0.2) is 13.2 Å². The maximum Gasteiger partial charge on any atom is 0.220 e. The Morgan fingerprint density at radius 1 is 1.00 bits per heavy atom. The molecule has 0 radical (unpaired) electrons. The van der Waals surface area contributed by atoms with Crippen LogP contribution in [0.4, 0.5) is 0 Å². The molecule has 1 aromatic carbocycles. The van der Waals surface area contributed by atoms with Crippen LogP contribution in [0.1, 0.15) is 0 Å². The third-order valence-corrected chi connectivity index (χ3v) is 5.09. The molecule has 0 atom stereocenters. The van der Waals surface area contributed by atoms with Crippen molar-refractivity contribution >= 4 is 23.6 Å². The normalized spacial score (nSPS) is 20.3. The van der Waals surface area contributed by atoms with E-state index in [2.05, 4.69) is 0 Å². The van der Waals surface area contributed by atoms with Crippen molar-refractivity contribution in [2.45, 2.75) is 0 Å². The minimum absolute atomic E-state index is 0.548. The topological polar surface area (TPSA) is 18.5 Å². The van der Waals surface area contributed by atoms with Gasteiger partial charge in [0.15, 0.2) is 0 Å². The molecule has 2 rings (SSSR count). The van der Waals surface area contributed by atoms with E-state index in [-0.39, 0.29) is 0 Å². The molecule has 0 aromatic heterocycles. The first kappa shape index (κ1) is 10.1. The lowest BCUT2D eigenvalue weighted by Crippen LogP contribution is -2.08. The Morgan fingerprint density at radius 2 is 1.57 bits per heavy atom. The Bertz CT molecular complexity index is 361. The summed E-state index contributed by atoms with van der Waals surface area (Å²) in [7, 11) is 0. The molecule has 1 aliphatic heterocycles. The summed E-state index contributed by atoms with van der Waals surface area (Å²) in [5.74, 6) is 0. The average Bonchev–Trinajstić information content (AvgIpc) is 2.46. The van der Waals surface area contributed by atoms with Gasteiger partial charge in [0.2, 0.25) is 6.49 Å². The van der Waals surface area contributed by atoms with Gasteiger partial charge < -0.3 is 9.05 Å². The Morgan fingerprint density at radius 3 is 2.14 bits per heavy atom. The molecule has 74 valence electrons. The summed E-state index contributed by atoms with van der Waals surface area (Å²) in [6.07, 6.45) is 3.88. The van der Waals surface area contributed by atoms with Crippen LogP contribution in [0.25, 0.3) is 0 Å². The summed E-state index contributed by atoms with van der Waals surface area (Å²) >= 11 is 5.43. The second-order valence-electron chi connectivity index (χ2n) is 2.90. The zero-order valence-electron chi connectivity index (χ0n) is 7.63. The molecular weight excluding hydrogens is 215 g/mol. The highest BCUT2D eigenvalue weighted by Gasteiger charge is 2.21. The van der Waals surface area contributed by atoms with Gasteiger partial charge >= 0.3 is 0 Å². The Labute approximate surface area is 88.7 Å². The molecule has 4 heteroatoms. The van der Waals surface area contributed by atoms with E-state index in [0.717, 1.165) is 5.30 Å². The van der Waals surface area contributed by atoms with Gasteiger partial charge in [-0.3, -0.25) is 0 Å². The predicted molar refractivity (Wildman–Crippen MR) is 61.4 cm³/mol. The molecule has 0 saturated carbocycles. The highest BCUT2D eigenvalue weighted by molar-refractivity contribution is 8.13. The smallest absolute Gasteiger partial charge is 0.220 e. The molecule has 1 aliphatic rings. The van der Waals surface area contributed by atoms with Crippen molar-refractivity contribution in [3.05, 3.63) is 42.5 Å². The quantitative estimate of drug-likeness (QED) is 0.540. The lowest BCUT2D eigenvalue weighted by molar-refractivity contribution is 0.308. The summed E-state index contributed by atoms with van der Waals surface area (Å²) < 4.78 is 11.2. The van der Waals surface area contributed by atoms with Crippen LogP contribution in [0.15, 0.2) is 42.5 Å². The van der Waals surface area contributed by atoms with Gasteiger partial charge in [-0.05, 0) is 23.9 Å². The predicted octanol–water partition coefficient (Wildman–Crippen LogP) is 2.22. The van der Waals surface area contributed by atoms with Crippen molar-refractivity contribution in [2.24, 2.45) is 0 Å². The van der Waals surface area contributed by atoms with Crippen LogP contribution in [-0.2, 0) is 20.9 Å². The third-order valence-electron chi connectivity index (χ3n) is 1.92. The van der Waals surface area contributed by atoms with E-state index in [4.69, 9.17) is 20.9 Å². The molecule has 0 bridgehead atoms. The van der Waals surface area contributed by atoms with Gasteiger partial charge in [0, 0.05) is 5.30 Å². The minimum Gasteiger partial charge on any atom is -0.322 e. The van der Waals surface area contributed by atoms with Gasteiger partial charge in [0.05, 0.1) is 13.2 Å². The number of hydrogen-bond donors (Lipinski definition) is 0. The first-order chi connectivity index (χ1) is 6.81. The molecule has 14 heavy (non-hydrogen) atoms. The summed E-state index contributed by atoms with van der Waals surface area (Å²) in [5, 5.41) is 0.985. The average molecular weight is 226 g/mol. The van der Waals surface area contributed by atoms with Crippen molar-refractivity contribution in [1.29, 1.82) is 0 Å². The van der Waals surface area contributed by atoms with Gasteiger partial charge in [0.1, 0.15) is 0 Å². The van der Waals surface area contributed by atoms with Gasteiger partial charge in [-0.1, -0.05) is 30.4 Å². The van der Waals surface area contributed by atoms with Gasteiger partial charge in [-0.25, -0.2) is 0 Å². The van der Waals surface area contributed by atoms with E-state index in [9.17, 15) is 0 Å². The molecule has 2 nitrogen and oxygen atoms in total. The zero-order valence-corrected chi connectivity index (χ0v) is 9.34. The molecule has 0 saturated heterocycles. The van der Waals surface area contributed by atoms with Crippen LogP contribution in [0.2, 0.25) is 0 Å². The summed E-state index contributed by atoms with van der Waals surface area (Å²) in [5.41, 5.74) is 0. The Kier molecular flexibility index (Phi) is 3.14. The minimum atomic E-state index is -2.24. The van der Waals surface area contributed by atoms with E-state index in [1.165, 1.54) is 0 Å². The van der Waals surface area contributed by atoms with Crippen LogP contribution in [0.3, 0.4) is 0 Å². The molecule has 0 spiro atoms. The molecule has 1 heterocycles. The van der Waals surface area contributed by atoms with Crippen LogP contribution < -0.4 is 5.30 Å². The fourth-order valence-electron chi connectivity index (χ4n) is 1.22. The van der Waals surface area contributed by atoms with Crippen molar-refractivity contribution < 1.29 is 9.05 Å². The SMILES string of the molecule is S=P1(c2ccccc2)OCC=CCO1. The van der Waals surface area contributed by atoms with Crippen LogP contribution in [0, 0.1) is 0 Å². The van der Waals surface area contributed by atoms with E-state index in [1.54, 1.807) is 0 Å². The summed E-state index contributed by atoms with van der Waals surface area (Å²) in [6.45, 7) is -1.14. The summed E-state index contributed by atoms with van der Waals surface area (Å²) in [4.78, 5) is 0. The van der Waals surface area contributed by atoms with E-state index < -0.39 is 6.49 Å². The highest BCUT2D eigenvalue weighted by atomic mass is 32.5. The van der Waals surface area contributed by atoms with Crippen LogP contribution in [0.5, 0.6) is 0 Å². The van der Waals surface area contributed by atoms with Crippen molar-refractivity contribution in [3.63, 3.8) is 0 Å². The Hall–Kier alpha value is -0.470. The molecule has 0 aliphatic carbocycles. The van der Waals surface area contributed by atoms with Crippen molar-refractivity contribution in [3.8, 4) is 0 Å². The van der Waals surface area contributed by atoms with E-state index in [0.29, 0.717) is 13.2 Å². The monoisotopic (exact) mass is 226 g/mol. The zero-order chi connectivity index (χ0) is 9.86. The first-order valence-corrected chi connectivity index (χ1v) is 7.05. The van der Waals surface area contributed by atoms with Gasteiger partial charge in [0.25, 0.3) is 0 Å². The largest absolute Gasteiger partial charge is 0.322 e. The molecular formula is C10H11O2PS. The number of rotatable bonds is 1. The van der Waals surface area contributed by atoms with E-state index >= 15 is 0 Å². The second-order valence-corrected chi connectivity index (χ2v) is 6.37. The standard InChI is InChI=1S/C10H11O2PS/c14-13(10-6-2-1-3-7-10)11-8-4-5-9-12-13/h1-7H,8-9H2. The second kappa shape index (κ2) is 4.37. The maximum absolute atomic E-state index is 5.59. The highest BCUT2D eigenvalue weighted by Crippen LogP contribution is 2.47. The first-order valence-electron chi connectivity index (χ1n) is 4.41. The van der Waals surface area contributed by atoms with Gasteiger partial charge in [-0.2, -0.15) is 0 Å². The van der Waals surface area contributed by atoms with Gasteiger partial charge in [-0.15, -0.1) is 0 Å². The lowest BCUT2D eigenvalue weighted by Gasteiger charge is -2.19. The molecule has 0 amide bonds. The van der Waals surface area contributed by atoms with Crippen molar-refractivity contribution in [1.82, 2.24) is 0 Å². The third kappa shape index (κ3) is 2.12. The Balaban J connectivity index is 2.28. The molecule has 0 N–H and O–H groups in total. The lowest BCUT2D eigenvalue weighted by atomic mass is 10.4. The number of benzene rings is 1. The van der Waals surface area contributed by atoms with Crippen LogP contribution >= 0.6 is 6.49 Å². The molecule has 1 aromatic rings. The van der Waals surface area contributed by atoms with E-state index in [1.807, 2.05) is 42.5 Å². The maximum atomic E-state index is 5.59. The fourth-order valence-corrected chi connectivity index (χ4v) is 3.42.